The van der Waals surface area contributed by atoms with Gasteiger partial charge in [0.2, 0.25) is 0 Å². The second-order valence-corrected chi connectivity index (χ2v) is 4.86. The van der Waals surface area contributed by atoms with Crippen molar-refractivity contribution in [2.45, 2.75) is 26.8 Å². The SMILES string of the molecule is CCc1nc(N)c(C)c(NCc2ccc(F)c(Cl)c2)n1. The maximum absolute atomic E-state index is 13.1. The molecule has 0 bridgehead atoms. The lowest BCUT2D eigenvalue weighted by Gasteiger charge is -2.11. The number of hydrogen-bond acceptors (Lipinski definition) is 4. The van der Waals surface area contributed by atoms with Crippen LogP contribution in [0.4, 0.5) is 16.0 Å². The fraction of sp³-hybridized carbons (Fsp3) is 0.286. The molecule has 2 aromatic rings. The number of hydrogen-bond donors (Lipinski definition) is 2. The first kappa shape index (κ1) is 14.5. The second-order valence-electron chi connectivity index (χ2n) is 4.45. The van der Waals surface area contributed by atoms with Crippen molar-refractivity contribution in [3.63, 3.8) is 0 Å². The van der Waals surface area contributed by atoms with Gasteiger partial charge in [-0.1, -0.05) is 24.6 Å². The van der Waals surface area contributed by atoms with Crippen molar-refractivity contribution in [1.29, 1.82) is 0 Å². The van der Waals surface area contributed by atoms with Gasteiger partial charge >= 0.3 is 0 Å². The zero-order valence-corrected chi connectivity index (χ0v) is 12.1. The van der Waals surface area contributed by atoms with Gasteiger partial charge in [-0.15, -0.1) is 0 Å². The smallest absolute Gasteiger partial charge is 0.141 e. The molecule has 4 nitrogen and oxygen atoms in total. The quantitative estimate of drug-likeness (QED) is 0.908. The molecular weight excluding hydrogens is 279 g/mol. The van der Waals surface area contributed by atoms with Crippen molar-refractivity contribution in [2.24, 2.45) is 0 Å². The number of nitrogens with one attached hydrogen (secondary N) is 1. The van der Waals surface area contributed by atoms with Crippen LogP contribution in [-0.2, 0) is 13.0 Å². The Bertz CT molecular complexity index is 631. The first-order valence-electron chi connectivity index (χ1n) is 6.32. The summed E-state index contributed by atoms with van der Waals surface area (Å²) in [6, 6.07) is 4.61. The Kier molecular flexibility index (Phi) is 4.39. The topological polar surface area (TPSA) is 63.8 Å². The van der Waals surface area contributed by atoms with Crippen LogP contribution in [0.2, 0.25) is 5.02 Å². The lowest BCUT2D eigenvalue weighted by atomic mass is 10.2. The van der Waals surface area contributed by atoms with Gasteiger partial charge in [-0.25, -0.2) is 14.4 Å². The Morgan fingerprint density at radius 3 is 2.75 bits per heavy atom. The molecule has 0 amide bonds. The van der Waals surface area contributed by atoms with E-state index >= 15 is 0 Å². The van der Waals surface area contributed by atoms with Crippen molar-refractivity contribution in [3.05, 3.63) is 46.0 Å². The average molecular weight is 295 g/mol. The molecule has 0 saturated carbocycles. The van der Waals surface area contributed by atoms with E-state index < -0.39 is 5.82 Å². The first-order valence-corrected chi connectivity index (χ1v) is 6.69. The summed E-state index contributed by atoms with van der Waals surface area (Å²) in [6.45, 7) is 4.31. The van der Waals surface area contributed by atoms with E-state index in [1.165, 1.54) is 6.07 Å². The van der Waals surface area contributed by atoms with Crippen LogP contribution in [0.15, 0.2) is 18.2 Å². The number of rotatable bonds is 4. The van der Waals surface area contributed by atoms with Gasteiger partial charge in [0.1, 0.15) is 23.3 Å². The normalized spacial score (nSPS) is 10.6. The molecule has 0 aliphatic rings. The van der Waals surface area contributed by atoms with E-state index in [2.05, 4.69) is 15.3 Å². The molecule has 0 fully saturated rings. The molecule has 0 saturated heterocycles. The molecule has 6 heteroatoms. The van der Waals surface area contributed by atoms with E-state index in [-0.39, 0.29) is 5.02 Å². The van der Waals surface area contributed by atoms with E-state index in [1.54, 1.807) is 12.1 Å². The molecular formula is C14H16ClFN4. The summed E-state index contributed by atoms with van der Waals surface area (Å²) in [4.78, 5) is 8.59. The van der Waals surface area contributed by atoms with Crippen LogP contribution < -0.4 is 11.1 Å². The van der Waals surface area contributed by atoms with Gasteiger partial charge in [0.15, 0.2) is 0 Å². The summed E-state index contributed by atoms with van der Waals surface area (Å²) in [5.41, 5.74) is 7.52. The number of nitrogens with zero attached hydrogens (tertiary/aromatic N) is 2. The summed E-state index contributed by atoms with van der Waals surface area (Å²) in [6.07, 6.45) is 0.710. The van der Waals surface area contributed by atoms with Crippen LogP contribution in [0, 0.1) is 12.7 Å². The number of benzene rings is 1. The molecule has 0 unspecified atom stereocenters. The second kappa shape index (κ2) is 6.05. The Morgan fingerprint density at radius 1 is 1.35 bits per heavy atom. The summed E-state index contributed by atoms with van der Waals surface area (Å²) in [5.74, 6) is 1.42. The first-order chi connectivity index (χ1) is 9.51. The van der Waals surface area contributed by atoms with Crippen LogP contribution in [0.25, 0.3) is 0 Å². The molecule has 106 valence electrons. The Hall–Kier alpha value is -1.88. The third kappa shape index (κ3) is 3.17. The van der Waals surface area contributed by atoms with Crippen LogP contribution in [0.5, 0.6) is 0 Å². The van der Waals surface area contributed by atoms with Crippen LogP contribution in [-0.4, -0.2) is 9.97 Å². The maximum atomic E-state index is 13.1. The molecule has 0 atom stereocenters. The Labute approximate surface area is 122 Å². The third-order valence-corrected chi connectivity index (χ3v) is 3.28. The molecule has 1 aromatic carbocycles. The van der Waals surface area contributed by atoms with Crippen molar-refractivity contribution in [1.82, 2.24) is 9.97 Å². The van der Waals surface area contributed by atoms with Crippen molar-refractivity contribution in [3.8, 4) is 0 Å². The zero-order valence-electron chi connectivity index (χ0n) is 11.4. The number of halogens is 2. The van der Waals surface area contributed by atoms with E-state index in [4.69, 9.17) is 17.3 Å². The lowest BCUT2D eigenvalue weighted by Crippen LogP contribution is -2.09. The summed E-state index contributed by atoms with van der Waals surface area (Å²) in [7, 11) is 0. The highest BCUT2D eigenvalue weighted by molar-refractivity contribution is 6.30. The van der Waals surface area contributed by atoms with E-state index in [0.717, 1.165) is 11.1 Å². The average Bonchev–Trinajstić information content (AvgIpc) is 2.44. The minimum absolute atomic E-state index is 0.109. The van der Waals surface area contributed by atoms with Gasteiger partial charge < -0.3 is 11.1 Å². The van der Waals surface area contributed by atoms with Crippen molar-refractivity contribution < 1.29 is 4.39 Å². The summed E-state index contributed by atoms with van der Waals surface area (Å²) < 4.78 is 13.1. The van der Waals surface area contributed by atoms with Gasteiger partial charge in [-0.2, -0.15) is 0 Å². The molecule has 0 spiro atoms. The number of aromatic nitrogens is 2. The molecule has 0 aliphatic carbocycles. The highest BCUT2D eigenvalue weighted by Gasteiger charge is 2.08. The van der Waals surface area contributed by atoms with Crippen LogP contribution in [0.1, 0.15) is 23.9 Å². The molecule has 20 heavy (non-hydrogen) atoms. The minimum Gasteiger partial charge on any atom is -0.383 e. The van der Waals surface area contributed by atoms with E-state index in [0.29, 0.717) is 30.4 Å². The molecule has 0 aliphatic heterocycles. The standard InChI is InChI=1S/C14H16ClFN4/c1-3-12-19-13(17)8(2)14(20-12)18-7-9-4-5-11(16)10(15)6-9/h4-6H,3,7H2,1-2H3,(H3,17,18,19,20). The predicted octanol–water partition coefficient (Wildman–Crippen LogP) is 3.33. The highest BCUT2D eigenvalue weighted by atomic mass is 35.5. The molecule has 1 aromatic heterocycles. The predicted molar refractivity (Wildman–Crippen MR) is 79.3 cm³/mol. The fourth-order valence-electron chi connectivity index (χ4n) is 1.75. The van der Waals surface area contributed by atoms with Crippen LogP contribution >= 0.6 is 11.6 Å². The molecule has 0 radical (unpaired) electrons. The molecule has 3 N–H and O–H groups in total. The van der Waals surface area contributed by atoms with Gasteiger partial charge in [0, 0.05) is 18.5 Å². The number of nitrogen functional groups attached to an aromatic ring is 1. The van der Waals surface area contributed by atoms with E-state index in [9.17, 15) is 4.39 Å². The maximum Gasteiger partial charge on any atom is 0.141 e. The molecule has 1 heterocycles. The van der Waals surface area contributed by atoms with Crippen molar-refractivity contribution >= 4 is 23.2 Å². The van der Waals surface area contributed by atoms with Gasteiger partial charge in [-0.3, -0.25) is 0 Å². The third-order valence-electron chi connectivity index (χ3n) is 2.99. The fourth-order valence-corrected chi connectivity index (χ4v) is 1.95. The summed E-state index contributed by atoms with van der Waals surface area (Å²) >= 11 is 5.75. The summed E-state index contributed by atoms with van der Waals surface area (Å²) in [5, 5.41) is 3.29. The largest absolute Gasteiger partial charge is 0.383 e. The van der Waals surface area contributed by atoms with Crippen molar-refractivity contribution in [2.75, 3.05) is 11.1 Å². The van der Waals surface area contributed by atoms with Gasteiger partial charge in [0.05, 0.1) is 5.02 Å². The van der Waals surface area contributed by atoms with Gasteiger partial charge in [0.25, 0.3) is 0 Å². The molecule has 2 rings (SSSR count). The minimum atomic E-state index is -0.425. The van der Waals surface area contributed by atoms with Crippen LogP contribution in [0.3, 0.4) is 0 Å². The number of nitrogens with two attached hydrogens (primary N) is 1. The highest BCUT2D eigenvalue weighted by Crippen LogP contribution is 2.20. The van der Waals surface area contributed by atoms with E-state index in [1.807, 2.05) is 13.8 Å². The Morgan fingerprint density at radius 2 is 2.10 bits per heavy atom. The Balaban J connectivity index is 2.18. The zero-order chi connectivity index (χ0) is 14.7. The van der Waals surface area contributed by atoms with Gasteiger partial charge in [-0.05, 0) is 24.6 Å². The number of anilines is 2. The monoisotopic (exact) mass is 294 g/mol. The number of aryl methyl sites for hydroxylation is 1. The lowest BCUT2D eigenvalue weighted by molar-refractivity contribution is 0.627.